The maximum atomic E-state index is 10.4. The number of aromatic nitrogens is 3. The third-order valence-electron chi connectivity index (χ3n) is 4.20. The number of aryl methyl sites for hydroxylation is 6. The molecule has 0 aliphatic heterocycles. The summed E-state index contributed by atoms with van der Waals surface area (Å²) in [7, 11) is 0. The number of rotatable bonds is 2. The fraction of sp³-hybridized carbons (Fsp3) is 0.273. The fourth-order valence-electron chi connectivity index (χ4n) is 2.55. The zero-order valence-electron chi connectivity index (χ0n) is 19.7. The predicted octanol–water partition coefficient (Wildman–Crippen LogP) is 5.19. The SMILES string of the molecule is Cc1cc(C)c(N)cn1.Cc1cc(C)c([N+](=O)[O-])cn1.Cc1ccnc(C)c1[N+](=O)[O-].[CH3-].[HH].[Pd]. The van der Waals surface area contributed by atoms with Crippen molar-refractivity contribution in [2.75, 3.05) is 5.73 Å². The van der Waals surface area contributed by atoms with Crippen molar-refractivity contribution in [2.45, 2.75) is 41.5 Å². The van der Waals surface area contributed by atoms with E-state index < -0.39 is 9.85 Å². The van der Waals surface area contributed by atoms with Crippen LogP contribution in [0, 0.1) is 69.2 Å². The van der Waals surface area contributed by atoms with Crippen molar-refractivity contribution in [1.29, 1.82) is 0 Å². The molecule has 0 aliphatic rings. The number of anilines is 1. The molecule has 0 fully saturated rings. The number of nitrogen functional groups attached to an aromatic ring is 1. The Morgan fingerprint density at radius 1 is 0.818 bits per heavy atom. The van der Waals surface area contributed by atoms with Crippen molar-refractivity contribution in [3.05, 3.63) is 98.2 Å². The van der Waals surface area contributed by atoms with E-state index in [1.165, 1.54) is 6.20 Å². The third kappa shape index (κ3) is 10.2. The second-order valence-corrected chi connectivity index (χ2v) is 6.87. The molecule has 184 valence electrons. The van der Waals surface area contributed by atoms with Crippen LogP contribution >= 0.6 is 0 Å². The minimum Gasteiger partial charge on any atom is -0.397 e. The Bertz CT molecular complexity index is 1080. The van der Waals surface area contributed by atoms with Crippen molar-refractivity contribution in [3.63, 3.8) is 0 Å². The Hall–Kier alpha value is -3.29. The molecule has 3 rings (SSSR count). The fourth-order valence-corrected chi connectivity index (χ4v) is 2.55. The standard InChI is InChI=1S/2C7H8N2O2.C7H10N2.CH3.Pd.H2/c1-5-3-6(2)8-4-7(5)9(10)11;1-5-3-4-8-6(2)7(5)9(10)11;1-5-3-6(2)9-4-7(5)8;;;/h2*3-4H,1-2H3;3-4H,8H2,1-2H3;1H3;;1H/q;;;-1;;. The summed E-state index contributed by atoms with van der Waals surface area (Å²) in [5.74, 6) is 0. The van der Waals surface area contributed by atoms with E-state index in [-0.39, 0.29) is 40.7 Å². The van der Waals surface area contributed by atoms with Gasteiger partial charge in [0.15, 0.2) is 0 Å². The van der Waals surface area contributed by atoms with E-state index in [0.29, 0.717) is 16.8 Å². The molecule has 3 aromatic rings. The van der Waals surface area contributed by atoms with Crippen molar-refractivity contribution < 1.29 is 31.7 Å². The van der Waals surface area contributed by atoms with E-state index in [4.69, 9.17) is 5.73 Å². The number of nitrogens with two attached hydrogens (primary N) is 1. The average Bonchev–Trinajstić information content (AvgIpc) is 2.65. The molecule has 3 heterocycles. The van der Waals surface area contributed by atoms with Crippen molar-refractivity contribution in [2.24, 2.45) is 0 Å². The van der Waals surface area contributed by atoms with E-state index in [1.807, 2.05) is 19.9 Å². The van der Waals surface area contributed by atoms with E-state index in [2.05, 4.69) is 15.0 Å². The molecule has 0 unspecified atom stereocenters. The zero-order chi connectivity index (χ0) is 23.7. The number of nitrogens with zero attached hydrogens (tertiary/aromatic N) is 5. The van der Waals surface area contributed by atoms with Gasteiger partial charge >= 0.3 is 0 Å². The van der Waals surface area contributed by atoms with Crippen LogP contribution < -0.4 is 5.73 Å². The molecule has 10 nitrogen and oxygen atoms in total. The Morgan fingerprint density at radius 3 is 1.70 bits per heavy atom. The van der Waals surface area contributed by atoms with Gasteiger partial charge in [-0.05, 0) is 65.3 Å². The van der Waals surface area contributed by atoms with Gasteiger partial charge in [0.1, 0.15) is 11.9 Å². The van der Waals surface area contributed by atoms with Crippen LogP contribution in [0.3, 0.4) is 0 Å². The molecule has 0 radical (unpaired) electrons. The first-order chi connectivity index (χ1) is 14.4. The maximum absolute atomic E-state index is 10.4. The number of pyridine rings is 3. The maximum Gasteiger partial charge on any atom is 0.293 e. The van der Waals surface area contributed by atoms with Gasteiger partial charge in [-0.3, -0.25) is 35.2 Å². The molecule has 0 bridgehead atoms. The van der Waals surface area contributed by atoms with Crippen LogP contribution in [0.2, 0.25) is 0 Å². The number of hydrogen-bond donors (Lipinski definition) is 1. The van der Waals surface area contributed by atoms with Gasteiger partial charge in [-0.1, -0.05) is 0 Å². The largest absolute Gasteiger partial charge is 0.397 e. The van der Waals surface area contributed by atoms with Crippen LogP contribution in [0.15, 0.2) is 36.8 Å². The summed E-state index contributed by atoms with van der Waals surface area (Å²) >= 11 is 0. The van der Waals surface area contributed by atoms with Crippen LogP contribution in [0.25, 0.3) is 0 Å². The number of hydrogen-bond acceptors (Lipinski definition) is 8. The summed E-state index contributed by atoms with van der Waals surface area (Å²) in [5.41, 5.74) is 11.2. The Labute approximate surface area is 209 Å². The molecular weight excluding hydrogens is 519 g/mol. The molecule has 33 heavy (non-hydrogen) atoms. The first kappa shape index (κ1) is 31.9. The van der Waals surface area contributed by atoms with Crippen molar-refractivity contribution in [3.8, 4) is 0 Å². The Morgan fingerprint density at radius 2 is 1.33 bits per heavy atom. The molecule has 0 aromatic carbocycles. The first-order valence-electron chi connectivity index (χ1n) is 9.27. The second-order valence-electron chi connectivity index (χ2n) is 6.87. The quantitative estimate of drug-likeness (QED) is 0.198. The van der Waals surface area contributed by atoms with Gasteiger partial charge in [0, 0.05) is 50.6 Å². The van der Waals surface area contributed by atoms with Gasteiger partial charge in [-0.2, -0.15) is 0 Å². The second kappa shape index (κ2) is 14.7. The van der Waals surface area contributed by atoms with E-state index >= 15 is 0 Å². The van der Waals surface area contributed by atoms with E-state index in [9.17, 15) is 20.2 Å². The number of nitro groups is 2. The van der Waals surface area contributed by atoms with Crippen molar-refractivity contribution >= 4 is 17.1 Å². The Kier molecular flexibility index (Phi) is 14.2. The van der Waals surface area contributed by atoms with Crippen LogP contribution in [0.5, 0.6) is 0 Å². The van der Waals surface area contributed by atoms with Gasteiger partial charge in [0.2, 0.25) is 0 Å². The summed E-state index contributed by atoms with van der Waals surface area (Å²) in [6.45, 7) is 10.8. The van der Waals surface area contributed by atoms with Crippen LogP contribution in [0.1, 0.15) is 35.2 Å². The van der Waals surface area contributed by atoms with Crippen molar-refractivity contribution in [1.82, 2.24) is 15.0 Å². The first-order valence-corrected chi connectivity index (χ1v) is 9.27. The van der Waals surface area contributed by atoms with Gasteiger partial charge in [-0.15, -0.1) is 0 Å². The molecular formula is C22H31N6O4Pd-. The summed E-state index contributed by atoms with van der Waals surface area (Å²) in [4.78, 5) is 31.5. The predicted molar refractivity (Wildman–Crippen MR) is 127 cm³/mol. The average molecular weight is 550 g/mol. The summed E-state index contributed by atoms with van der Waals surface area (Å²) in [5, 5.41) is 20.7. The molecule has 0 atom stereocenters. The Balaban J connectivity index is -0.000000408. The van der Waals surface area contributed by atoms with Gasteiger partial charge < -0.3 is 13.2 Å². The molecule has 0 spiro atoms. The summed E-state index contributed by atoms with van der Waals surface area (Å²) < 4.78 is 0. The molecule has 11 heteroatoms. The summed E-state index contributed by atoms with van der Waals surface area (Å²) in [6, 6.07) is 5.29. The summed E-state index contributed by atoms with van der Waals surface area (Å²) in [6.07, 6.45) is 4.53. The smallest absolute Gasteiger partial charge is 0.293 e. The molecule has 0 aliphatic carbocycles. The minimum absolute atomic E-state index is 0. The molecule has 0 saturated carbocycles. The van der Waals surface area contributed by atoms with Crippen LogP contribution in [-0.4, -0.2) is 24.8 Å². The molecule has 3 aromatic heterocycles. The van der Waals surface area contributed by atoms with Crippen LogP contribution in [0.4, 0.5) is 17.1 Å². The van der Waals surface area contributed by atoms with Gasteiger partial charge in [-0.25, -0.2) is 0 Å². The van der Waals surface area contributed by atoms with E-state index in [0.717, 1.165) is 22.6 Å². The minimum atomic E-state index is -0.429. The third-order valence-corrected chi connectivity index (χ3v) is 4.20. The van der Waals surface area contributed by atoms with Gasteiger partial charge in [0.05, 0.1) is 21.7 Å². The topological polar surface area (TPSA) is 151 Å². The molecule has 0 amide bonds. The van der Waals surface area contributed by atoms with Gasteiger partial charge in [0.25, 0.3) is 11.4 Å². The zero-order valence-corrected chi connectivity index (χ0v) is 21.3. The monoisotopic (exact) mass is 549 g/mol. The molecule has 2 N–H and O–H groups in total. The van der Waals surface area contributed by atoms with E-state index in [1.54, 1.807) is 52.2 Å². The normalized spacial score (nSPS) is 9.03. The molecule has 0 saturated heterocycles. The van der Waals surface area contributed by atoms with Crippen LogP contribution in [-0.2, 0) is 20.4 Å².